The van der Waals surface area contributed by atoms with Gasteiger partial charge in [0, 0.05) is 20.1 Å². The third-order valence-corrected chi connectivity index (χ3v) is 2.49. The number of nitrogens with zero attached hydrogens (tertiary/aromatic N) is 1. The van der Waals surface area contributed by atoms with Crippen LogP contribution in [0.5, 0.6) is 0 Å². The fourth-order valence-electron chi connectivity index (χ4n) is 0.820. The van der Waals surface area contributed by atoms with Gasteiger partial charge in [0.05, 0.1) is 12.5 Å². The van der Waals surface area contributed by atoms with Crippen molar-refractivity contribution in [2.75, 3.05) is 0 Å². The summed E-state index contributed by atoms with van der Waals surface area (Å²) >= 11 is 14.9. The largest absolute Gasteiger partial charge is 0.198 e. The molecule has 0 bridgehead atoms. The summed E-state index contributed by atoms with van der Waals surface area (Å²) in [5.41, 5.74) is 0.684. The zero-order valence-corrected chi connectivity index (χ0v) is 9.04. The Labute approximate surface area is 89.0 Å². The molecule has 4 heteroatoms. The highest BCUT2D eigenvalue weighted by Gasteiger charge is 2.06. The first-order valence-corrected chi connectivity index (χ1v) is 4.70. The second-order valence-corrected chi connectivity index (χ2v) is 3.91. The van der Waals surface area contributed by atoms with Crippen LogP contribution >= 0.6 is 39.1 Å². The molecule has 0 amide bonds. The van der Waals surface area contributed by atoms with Crippen LogP contribution in [0.15, 0.2) is 16.6 Å². The lowest BCUT2D eigenvalue weighted by Crippen LogP contribution is -1.85. The maximum atomic E-state index is 8.46. The zero-order chi connectivity index (χ0) is 9.14. The van der Waals surface area contributed by atoms with Crippen molar-refractivity contribution in [2.24, 2.45) is 0 Å². The van der Waals surface area contributed by atoms with Crippen LogP contribution in [0.3, 0.4) is 0 Å². The molecule has 62 valence electrons. The van der Waals surface area contributed by atoms with Crippen LogP contribution in [0.25, 0.3) is 0 Å². The van der Waals surface area contributed by atoms with Gasteiger partial charge in [0.1, 0.15) is 0 Å². The minimum absolute atomic E-state index is 0.241. The van der Waals surface area contributed by atoms with E-state index in [0.717, 1.165) is 4.47 Å². The van der Waals surface area contributed by atoms with Gasteiger partial charge in [0.15, 0.2) is 0 Å². The van der Waals surface area contributed by atoms with Crippen LogP contribution in [-0.4, -0.2) is 0 Å². The lowest BCUT2D eigenvalue weighted by molar-refractivity contribution is 1.26. The lowest BCUT2D eigenvalue weighted by Gasteiger charge is -2.02. The van der Waals surface area contributed by atoms with Crippen LogP contribution in [-0.2, 0) is 6.42 Å². The quantitative estimate of drug-likeness (QED) is 0.757. The highest BCUT2D eigenvalue weighted by molar-refractivity contribution is 9.10. The van der Waals surface area contributed by atoms with E-state index in [0.29, 0.717) is 15.6 Å². The molecule has 0 saturated carbocycles. The van der Waals surface area contributed by atoms with Crippen LogP contribution in [0, 0.1) is 11.3 Å². The van der Waals surface area contributed by atoms with Gasteiger partial charge in [-0.1, -0.05) is 39.1 Å². The van der Waals surface area contributed by atoms with Gasteiger partial charge in [0.2, 0.25) is 0 Å². The van der Waals surface area contributed by atoms with Crippen molar-refractivity contribution >= 4 is 39.1 Å². The van der Waals surface area contributed by atoms with Crippen molar-refractivity contribution in [2.45, 2.75) is 6.42 Å². The van der Waals surface area contributed by atoms with E-state index < -0.39 is 0 Å². The van der Waals surface area contributed by atoms with Gasteiger partial charge in [-0.3, -0.25) is 0 Å². The Morgan fingerprint density at radius 1 is 1.33 bits per heavy atom. The van der Waals surface area contributed by atoms with E-state index in [4.69, 9.17) is 28.5 Å². The molecule has 0 aliphatic carbocycles. The highest BCUT2D eigenvalue weighted by atomic mass is 79.9. The molecule has 1 nitrogen and oxygen atoms in total. The molecule has 1 rings (SSSR count). The summed E-state index contributed by atoms with van der Waals surface area (Å²) in [6.45, 7) is 0. The Morgan fingerprint density at radius 3 is 2.25 bits per heavy atom. The van der Waals surface area contributed by atoms with Crippen molar-refractivity contribution in [3.05, 3.63) is 32.2 Å². The average molecular weight is 265 g/mol. The summed E-state index contributed by atoms with van der Waals surface area (Å²) < 4.78 is 0.819. The Balaban J connectivity index is 3.21. The van der Waals surface area contributed by atoms with Gasteiger partial charge in [0.25, 0.3) is 0 Å². The predicted octanol–water partition coefficient (Wildman–Crippen LogP) is 3.82. The predicted molar refractivity (Wildman–Crippen MR) is 53.5 cm³/mol. The maximum absolute atomic E-state index is 8.46. The lowest BCUT2D eigenvalue weighted by atomic mass is 10.2. The summed E-state index contributed by atoms with van der Waals surface area (Å²) in [6.07, 6.45) is 0.241. The molecule has 0 aliphatic rings. The Hall–Kier alpha value is -0.230. The summed E-state index contributed by atoms with van der Waals surface area (Å²) in [7, 11) is 0. The van der Waals surface area contributed by atoms with Gasteiger partial charge < -0.3 is 0 Å². The fraction of sp³-hybridized carbons (Fsp3) is 0.125. The molecule has 0 heterocycles. The van der Waals surface area contributed by atoms with E-state index in [9.17, 15) is 0 Å². The minimum Gasteiger partial charge on any atom is -0.198 e. The van der Waals surface area contributed by atoms with Gasteiger partial charge >= 0.3 is 0 Å². The molecule has 0 N–H and O–H groups in total. The van der Waals surface area contributed by atoms with Crippen LogP contribution in [0.1, 0.15) is 5.56 Å². The normalized spacial score (nSPS) is 9.50. The van der Waals surface area contributed by atoms with Crippen molar-refractivity contribution < 1.29 is 0 Å². The van der Waals surface area contributed by atoms with Crippen molar-refractivity contribution in [1.82, 2.24) is 0 Å². The molecule has 0 aromatic heterocycles. The third kappa shape index (κ3) is 2.13. The van der Waals surface area contributed by atoms with Gasteiger partial charge in [-0.05, 0) is 12.1 Å². The molecule has 0 saturated heterocycles. The molecular weight excluding hydrogens is 261 g/mol. The first-order chi connectivity index (χ1) is 5.65. The summed E-state index contributed by atoms with van der Waals surface area (Å²) in [5, 5.41) is 9.51. The van der Waals surface area contributed by atoms with E-state index in [1.807, 2.05) is 6.07 Å². The molecular formula is C8H4BrCl2N. The van der Waals surface area contributed by atoms with Crippen molar-refractivity contribution in [3.8, 4) is 6.07 Å². The first kappa shape index (κ1) is 9.85. The molecule has 1 aromatic carbocycles. The smallest absolute Gasteiger partial charge is 0.0670 e. The highest BCUT2D eigenvalue weighted by Crippen LogP contribution is 2.29. The zero-order valence-electron chi connectivity index (χ0n) is 5.94. The number of rotatable bonds is 1. The molecule has 12 heavy (non-hydrogen) atoms. The Morgan fingerprint density at radius 2 is 1.83 bits per heavy atom. The van der Waals surface area contributed by atoms with Crippen LogP contribution in [0.4, 0.5) is 0 Å². The summed E-state index contributed by atoms with van der Waals surface area (Å²) in [6, 6.07) is 5.45. The monoisotopic (exact) mass is 263 g/mol. The van der Waals surface area contributed by atoms with Crippen molar-refractivity contribution in [1.29, 1.82) is 5.26 Å². The summed E-state index contributed by atoms with van der Waals surface area (Å²) in [4.78, 5) is 0. The maximum Gasteiger partial charge on any atom is 0.0670 e. The standard InChI is InChI=1S/C8H4BrCl2N/c9-5-3-7(10)6(1-2-12)8(11)4-5/h3-4H,1H2. The number of nitriles is 1. The van der Waals surface area contributed by atoms with Gasteiger partial charge in [-0.2, -0.15) is 5.26 Å². The van der Waals surface area contributed by atoms with Crippen LogP contribution < -0.4 is 0 Å². The van der Waals surface area contributed by atoms with Crippen molar-refractivity contribution in [3.63, 3.8) is 0 Å². The number of benzene rings is 1. The van der Waals surface area contributed by atoms with E-state index in [-0.39, 0.29) is 6.42 Å². The number of hydrogen-bond donors (Lipinski definition) is 0. The van der Waals surface area contributed by atoms with Gasteiger partial charge in [-0.15, -0.1) is 0 Å². The first-order valence-electron chi connectivity index (χ1n) is 3.15. The Bertz CT molecular complexity index is 320. The molecule has 0 radical (unpaired) electrons. The van der Waals surface area contributed by atoms with E-state index in [2.05, 4.69) is 15.9 Å². The minimum atomic E-state index is 0.241. The third-order valence-electron chi connectivity index (χ3n) is 1.36. The van der Waals surface area contributed by atoms with Crippen LogP contribution in [0.2, 0.25) is 10.0 Å². The second kappa shape index (κ2) is 4.13. The molecule has 0 aliphatic heterocycles. The van der Waals surface area contributed by atoms with E-state index in [1.165, 1.54) is 0 Å². The van der Waals surface area contributed by atoms with Gasteiger partial charge in [-0.25, -0.2) is 0 Å². The molecule has 0 atom stereocenters. The second-order valence-electron chi connectivity index (χ2n) is 2.18. The van der Waals surface area contributed by atoms with E-state index >= 15 is 0 Å². The fourth-order valence-corrected chi connectivity index (χ4v) is 2.16. The average Bonchev–Trinajstić information content (AvgIpc) is 1.96. The molecule has 0 fully saturated rings. The number of hydrogen-bond acceptors (Lipinski definition) is 1. The molecule has 1 aromatic rings. The Kier molecular flexibility index (Phi) is 3.39. The molecule has 0 spiro atoms. The topological polar surface area (TPSA) is 23.8 Å². The SMILES string of the molecule is N#CCc1c(Cl)cc(Br)cc1Cl. The molecule has 0 unspecified atom stereocenters. The number of halogens is 3. The van der Waals surface area contributed by atoms with E-state index in [1.54, 1.807) is 12.1 Å². The summed E-state index contributed by atoms with van der Waals surface area (Å²) in [5.74, 6) is 0.